The van der Waals surface area contributed by atoms with Gasteiger partial charge in [-0.15, -0.1) is 0 Å². The number of aryl methyl sites for hydroxylation is 1. The number of nitrogens with one attached hydrogen (secondary N) is 1. The first kappa shape index (κ1) is 31.6. The first-order valence-electron chi connectivity index (χ1n) is 16.4. The highest BCUT2D eigenvalue weighted by Crippen LogP contribution is 2.42. The van der Waals surface area contributed by atoms with Crippen LogP contribution < -0.4 is 20.7 Å². The van der Waals surface area contributed by atoms with Crippen LogP contribution in [0.1, 0.15) is 49.8 Å². The van der Waals surface area contributed by atoms with Crippen molar-refractivity contribution in [3.05, 3.63) is 78.4 Å². The van der Waals surface area contributed by atoms with Gasteiger partial charge in [-0.1, -0.05) is 43.2 Å². The fraction of sp³-hybridized carbons (Fsp3) is 0.486. The number of rotatable bonds is 10. The van der Waals surface area contributed by atoms with E-state index < -0.39 is 23.5 Å². The van der Waals surface area contributed by atoms with Gasteiger partial charge in [-0.25, -0.2) is 4.98 Å². The minimum Gasteiger partial charge on any atom is -0.497 e. The molecule has 0 bridgehead atoms. The molecule has 3 aliphatic rings. The molecule has 1 aliphatic carbocycles. The number of piperidine rings is 1. The van der Waals surface area contributed by atoms with Crippen LogP contribution in [-0.4, -0.2) is 87.6 Å². The molecule has 244 valence electrons. The summed E-state index contributed by atoms with van der Waals surface area (Å²) >= 11 is 0. The van der Waals surface area contributed by atoms with Crippen LogP contribution in [0.2, 0.25) is 0 Å². The molecule has 3 N–H and O–H groups in total. The molecule has 3 aromatic rings. The summed E-state index contributed by atoms with van der Waals surface area (Å²) in [7, 11) is 3.46. The number of amides is 3. The maximum Gasteiger partial charge on any atom is 0.250 e. The molecule has 1 spiro atoms. The second-order valence-corrected chi connectivity index (χ2v) is 12.9. The van der Waals surface area contributed by atoms with E-state index in [-0.39, 0.29) is 17.9 Å². The van der Waals surface area contributed by atoms with Crippen LogP contribution in [0.15, 0.2) is 67.1 Å². The highest BCUT2D eigenvalue weighted by atomic mass is 16.5. The predicted molar refractivity (Wildman–Crippen MR) is 175 cm³/mol. The Morgan fingerprint density at radius 1 is 1.04 bits per heavy atom. The van der Waals surface area contributed by atoms with E-state index in [1.165, 1.54) is 0 Å². The van der Waals surface area contributed by atoms with E-state index in [4.69, 9.17) is 10.5 Å². The third kappa shape index (κ3) is 6.33. The van der Waals surface area contributed by atoms with Crippen LogP contribution in [0.5, 0.6) is 5.75 Å². The molecule has 1 aromatic heterocycles. The van der Waals surface area contributed by atoms with Gasteiger partial charge in [0, 0.05) is 56.6 Å². The maximum absolute atomic E-state index is 14.2. The molecule has 2 saturated heterocycles. The number of nitrogens with zero attached hydrogens (tertiary/aromatic N) is 5. The smallest absolute Gasteiger partial charge is 0.250 e. The number of nitrogens with two attached hydrogens (primary N) is 1. The van der Waals surface area contributed by atoms with Gasteiger partial charge < -0.3 is 35.1 Å². The van der Waals surface area contributed by atoms with Crippen LogP contribution in [-0.2, 0) is 34.3 Å². The summed E-state index contributed by atoms with van der Waals surface area (Å²) in [5.41, 5.74) is 8.38. The Kier molecular flexibility index (Phi) is 9.30. The van der Waals surface area contributed by atoms with Crippen LogP contribution in [0, 0.1) is 0 Å². The molecular weight excluding hydrogens is 582 g/mol. The van der Waals surface area contributed by atoms with Crippen molar-refractivity contribution < 1.29 is 19.1 Å². The molecule has 46 heavy (non-hydrogen) atoms. The molecule has 2 unspecified atom stereocenters. The second kappa shape index (κ2) is 13.5. The summed E-state index contributed by atoms with van der Waals surface area (Å²) in [5, 5.41) is 2.97. The first-order chi connectivity index (χ1) is 22.3. The highest BCUT2D eigenvalue weighted by molar-refractivity contribution is 5.95. The van der Waals surface area contributed by atoms with Crippen molar-refractivity contribution in [3.63, 3.8) is 0 Å². The van der Waals surface area contributed by atoms with E-state index in [1.807, 2.05) is 54.1 Å². The van der Waals surface area contributed by atoms with Crippen molar-refractivity contribution in [2.45, 2.75) is 75.0 Å². The fourth-order valence-corrected chi connectivity index (χ4v) is 7.35. The average molecular weight is 628 g/mol. The molecule has 2 aromatic carbocycles. The van der Waals surface area contributed by atoms with Crippen molar-refractivity contribution in [2.75, 3.05) is 31.8 Å². The number of aromatic nitrogens is 2. The average Bonchev–Trinajstić information content (AvgIpc) is 3.82. The van der Waals surface area contributed by atoms with Gasteiger partial charge >= 0.3 is 0 Å². The molecule has 2 aliphatic heterocycles. The predicted octanol–water partition coefficient (Wildman–Crippen LogP) is 2.64. The van der Waals surface area contributed by atoms with Gasteiger partial charge in [0.1, 0.15) is 17.3 Å². The number of hydrogen-bond donors (Lipinski definition) is 2. The van der Waals surface area contributed by atoms with Crippen LogP contribution in [0.4, 0.5) is 5.69 Å². The number of carbonyl (C=O) groups is 3. The number of hydrogen-bond acceptors (Lipinski definition) is 7. The Hall–Kier alpha value is -4.38. The van der Waals surface area contributed by atoms with Gasteiger partial charge in [-0.2, -0.15) is 0 Å². The number of benzene rings is 2. The standard InChI is InChI=1S/C35H45N7O4/c1-39-23-37-22-28(39)21-30(36)32(43)38-31(20-25-12-14-29(46-2)15-13-25)33(44)40-18-16-35(17-19-40)34(45)41(26-8-6-7-9-26)24-42(35)27-10-4-3-5-11-27/h3-5,10-15,22-23,26,30-31H,6-9,16-21,24,36H2,1-2H3,(H,38,43). The second-order valence-electron chi connectivity index (χ2n) is 12.9. The largest absolute Gasteiger partial charge is 0.497 e. The monoisotopic (exact) mass is 627 g/mol. The number of anilines is 1. The van der Waals surface area contributed by atoms with Gasteiger partial charge in [-0.3, -0.25) is 14.4 Å². The fourth-order valence-electron chi connectivity index (χ4n) is 7.35. The first-order valence-corrected chi connectivity index (χ1v) is 16.4. The Morgan fingerprint density at radius 3 is 2.37 bits per heavy atom. The number of ether oxygens (including phenoxy) is 1. The zero-order valence-corrected chi connectivity index (χ0v) is 26.8. The van der Waals surface area contributed by atoms with E-state index in [9.17, 15) is 14.4 Å². The minimum atomic E-state index is -0.844. The lowest BCUT2D eigenvalue weighted by Crippen LogP contribution is -2.60. The van der Waals surface area contributed by atoms with Crippen molar-refractivity contribution in [1.82, 2.24) is 24.7 Å². The van der Waals surface area contributed by atoms with Crippen LogP contribution in [0.3, 0.4) is 0 Å². The molecule has 6 rings (SSSR count). The summed E-state index contributed by atoms with van der Waals surface area (Å²) < 4.78 is 7.13. The minimum absolute atomic E-state index is 0.170. The zero-order valence-electron chi connectivity index (χ0n) is 26.8. The van der Waals surface area contributed by atoms with Crippen LogP contribution in [0.25, 0.3) is 0 Å². The zero-order chi connectivity index (χ0) is 32.3. The maximum atomic E-state index is 14.2. The van der Waals surface area contributed by atoms with E-state index in [2.05, 4.69) is 32.2 Å². The van der Waals surface area contributed by atoms with E-state index in [0.29, 0.717) is 51.2 Å². The molecular formula is C35H45N7O4. The molecule has 11 heteroatoms. The number of methoxy groups -OCH3 is 1. The lowest BCUT2D eigenvalue weighted by Gasteiger charge is -2.44. The molecule has 11 nitrogen and oxygen atoms in total. The van der Waals surface area contributed by atoms with Crippen LogP contribution >= 0.6 is 0 Å². The molecule has 1 saturated carbocycles. The highest BCUT2D eigenvalue weighted by Gasteiger charge is 2.55. The Morgan fingerprint density at radius 2 is 1.74 bits per heavy atom. The van der Waals surface area contributed by atoms with E-state index in [1.54, 1.807) is 24.5 Å². The Labute approximate surface area is 270 Å². The number of carbonyl (C=O) groups excluding carboxylic acids is 3. The third-order valence-corrected chi connectivity index (χ3v) is 10.1. The summed E-state index contributed by atoms with van der Waals surface area (Å²) in [6.07, 6.45) is 9.41. The molecule has 2 atom stereocenters. The van der Waals surface area contributed by atoms with Crippen molar-refractivity contribution in [2.24, 2.45) is 12.8 Å². The van der Waals surface area contributed by atoms with Gasteiger partial charge in [0.25, 0.3) is 0 Å². The number of likely N-dealkylation sites (tertiary alicyclic amines) is 1. The topological polar surface area (TPSA) is 126 Å². The molecule has 3 heterocycles. The quantitative estimate of drug-likeness (QED) is 0.354. The third-order valence-electron chi connectivity index (χ3n) is 10.1. The Balaban J connectivity index is 1.19. The van der Waals surface area contributed by atoms with Crippen molar-refractivity contribution in [1.29, 1.82) is 0 Å². The van der Waals surface area contributed by atoms with Gasteiger partial charge in [0.15, 0.2) is 0 Å². The SMILES string of the molecule is COc1ccc(CC(NC(=O)C(N)Cc2cncn2C)C(=O)N2CCC3(CC2)C(=O)N(C2CCCC2)CN3c2ccccc2)cc1. The molecule has 3 fully saturated rings. The summed E-state index contributed by atoms with van der Waals surface area (Å²) in [4.78, 5) is 52.1. The number of para-hydroxylation sites is 1. The van der Waals surface area contributed by atoms with E-state index >= 15 is 0 Å². The van der Waals surface area contributed by atoms with E-state index in [0.717, 1.165) is 42.6 Å². The van der Waals surface area contributed by atoms with Gasteiger partial charge in [-0.05, 0) is 55.5 Å². The molecule has 0 radical (unpaired) electrons. The van der Waals surface area contributed by atoms with Gasteiger partial charge in [0.05, 0.1) is 26.1 Å². The summed E-state index contributed by atoms with van der Waals surface area (Å²) in [6.45, 7) is 1.41. The van der Waals surface area contributed by atoms with Gasteiger partial charge in [0.2, 0.25) is 17.7 Å². The molecule has 3 amide bonds. The lowest BCUT2D eigenvalue weighted by atomic mass is 9.84. The summed E-state index contributed by atoms with van der Waals surface area (Å²) in [6, 6.07) is 16.3. The summed E-state index contributed by atoms with van der Waals surface area (Å²) in [5.74, 6) is 0.330. The normalized spacial score (nSPS) is 19.5. The Bertz CT molecular complexity index is 1510. The lowest BCUT2D eigenvalue weighted by molar-refractivity contribution is -0.141. The number of imidazole rings is 1. The van der Waals surface area contributed by atoms with Crippen molar-refractivity contribution in [3.8, 4) is 5.75 Å². The van der Waals surface area contributed by atoms with Crippen molar-refractivity contribution >= 4 is 23.4 Å².